The van der Waals surface area contributed by atoms with Crippen molar-refractivity contribution in [3.8, 4) is 0 Å². The van der Waals surface area contributed by atoms with Gasteiger partial charge >= 0.3 is 0 Å². The molecular formula is C10H15N3O. The van der Waals surface area contributed by atoms with E-state index in [4.69, 9.17) is 10.5 Å². The van der Waals surface area contributed by atoms with Crippen molar-refractivity contribution in [1.29, 1.82) is 0 Å². The standard InChI is InChI=1S/C10H15N3O/c11-9-2-3-12-10(8-9)13-4-1-6-14-7-5-13/h2-3,8H,1,4-7H2,(H2,11,12). The summed E-state index contributed by atoms with van der Waals surface area (Å²) in [5, 5.41) is 0. The first-order valence-corrected chi connectivity index (χ1v) is 4.90. The van der Waals surface area contributed by atoms with Crippen LogP contribution in [0.3, 0.4) is 0 Å². The zero-order chi connectivity index (χ0) is 9.80. The monoisotopic (exact) mass is 193 g/mol. The van der Waals surface area contributed by atoms with Gasteiger partial charge in [0.1, 0.15) is 5.82 Å². The second-order valence-corrected chi connectivity index (χ2v) is 3.40. The molecule has 2 N–H and O–H groups in total. The fraction of sp³-hybridized carbons (Fsp3) is 0.500. The molecule has 14 heavy (non-hydrogen) atoms. The van der Waals surface area contributed by atoms with Crippen LogP contribution in [0.25, 0.3) is 0 Å². The van der Waals surface area contributed by atoms with Gasteiger partial charge in [-0.25, -0.2) is 4.98 Å². The van der Waals surface area contributed by atoms with Crippen molar-refractivity contribution in [2.45, 2.75) is 6.42 Å². The minimum Gasteiger partial charge on any atom is -0.399 e. The number of pyridine rings is 1. The van der Waals surface area contributed by atoms with E-state index in [0.29, 0.717) is 0 Å². The Kier molecular flexibility index (Phi) is 2.84. The molecule has 0 radical (unpaired) electrons. The maximum atomic E-state index is 5.71. The number of rotatable bonds is 1. The van der Waals surface area contributed by atoms with E-state index in [-0.39, 0.29) is 0 Å². The first-order chi connectivity index (χ1) is 6.86. The fourth-order valence-electron chi connectivity index (χ4n) is 1.58. The van der Waals surface area contributed by atoms with E-state index in [2.05, 4.69) is 9.88 Å². The Morgan fingerprint density at radius 3 is 3.14 bits per heavy atom. The SMILES string of the molecule is Nc1ccnc(N2CCCOCC2)c1. The smallest absolute Gasteiger partial charge is 0.130 e. The van der Waals surface area contributed by atoms with Gasteiger partial charge in [-0.05, 0) is 12.5 Å². The van der Waals surface area contributed by atoms with Crippen molar-refractivity contribution in [3.63, 3.8) is 0 Å². The molecule has 0 amide bonds. The van der Waals surface area contributed by atoms with E-state index in [1.165, 1.54) is 0 Å². The quantitative estimate of drug-likeness (QED) is 0.719. The van der Waals surface area contributed by atoms with Crippen molar-refractivity contribution < 1.29 is 4.74 Å². The Labute approximate surface area is 83.7 Å². The van der Waals surface area contributed by atoms with Gasteiger partial charge in [0.15, 0.2) is 0 Å². The van der Waals surface area contributed by atoms with E-state index in [0.717, 1.165) is 44.2 Å². The summed E-state index contributed by atoms with van der Waals surface area (Å²) in [6.45, 7) is 3.52. The third-order valence-electron chi connectivity index (χ3n) is 2.32. The largest absolute Gasteiger partial charge is 0.399 e. The van der Waals surface area contributed by atoms with Crippen LogP contribution in [0.5, 0.6) is 0 Å². The fourth-order valence-corrected chi connectivity index (χ4v) is 1.58. The predicted molar refractivity (Wildman–Crippen MR) is 56.3 cm³/mol. The Balaban J connectivity index is 2.12. The first kappa shape index (κ1) is 9.27. The summed E-state index contributed by atoms with van der Waals surface area (Å²) in [7, 11) is 0. The molecule has 1 aromatic rings. The molecule has 4 heteroatoms. The van der Waals surface area contributed by atoms with Crippen LogP contribution in [0.1, 0.15) is 6.42 Å². The average molecular weight is 193 g/mol. The predicted octanol–water partition coefficient (Wildman–Crippen LogP) is 0.890. The van der Waals surface area contributed by atoms with Gasteiger partial charge in [-0.15, -0.1) is 0 Å². The highest BCUT2D eigenvalue weighted by molar-refractivity contribution is 5.50. The second kappa shape index (κ2) is 4.28. The molecule has 1 aliphatic rings. The van der Waals surface area contributed by atoms with Gasteiger partial charge < -0.3 is 15.4 Å². The highest BCUT2D eigenvalue weighted by Crippen LogP contribution is 2.15. The van der Waals surface area contributed by atoms with Gasteiger partial charge in [-0.1, -0.05) is 0 Å². The van der Waals surface area contributed by atoms with Crippen molar-refractivity contribution >= 4 is 11.5 Å². The van der Waals surface area contributed by atoms with E-state index in [1.807, 2.05) is 6.07 Å². The molecule has 0 unspecified atom stereocenters. The van der Waals surface area contributed by atoms with Gasteiger partial charge in [0.25, 0.3) is 0 Å². The third-order valence-corrected chi connectivity index (χ3v) is 2.32. The van der Waals surface area contributed by atoms with Crippen molar-refractivity contribution in [3.05, 3.63) is 18.3 Å². The lowest BCUT2D eigenvalue weighted by molar-refractivity contribution is 0.152. The van der Waals surface area contributed by atoms with E-state index >= 15 is 0 Å². The number of nitrogens with zero attached hydrogens (tertiary/aromatic N) is 2. The maximum Gasteiger partial charge on any atom is 0.130 e. The second-order valence-electron chi connectivity index (χ2n) is 3.40. The summed E-state index contributed by atoms with van der Waals surface area (Å²) in [4.78, 5) is 6.51. The van der Waals surface area contributed by atoms with Crippen LogP contribution in [0.15, 0.2) is 18.3 Å². The number of aromatic nitrogens is 1. The number of hydrogen-bond donors (Lipinski definition) is 1. The Morgan fingerprint density at radius 2 is 2.29 bits per heavy atom. The highest BCUT2D eigenvalue weighted by Gasteiger charge is 2.10. The van der Waals surface area contributed by atoms with Gasteiger partial charge in [0.05, 0.1) is 6.61 Å². The third kappa shape index (κ3) is 2.14. The van der Waals surface area contributed by atoms with Crippen molar-refractivity contribution in [2.24, 2.45) is 0 Å². The lowest BCUT2D eigenvalue weighted by atomic mass is 10.3. The average Bonchev–Trinajstić information content (AvgIpc) is 2.45. The number of hydrogen-bond acceptors (Lipinski definition) is 4. The molecule has 0 saturated carbocycles. The van der Waals surface area contributed by atoms with E-state index in [1.54, 1.807) is 12.3 Å². The summed E-state index contributed by atoms with van der Waals surface area (Å²) in [6.07, 6.45) is 2.80. The van der Waals surface area contributed by atoms with Crippen LogP contribution in [0, 0.1) is 0 Å². The number of nitrogen functional groups attached to an aromatic ring is 1. The normalized spacial score (nSPS) is 17.9. The van der Waals surface area contributed by atoms with Gasteiger partial charge in [0, 0.05) is 37.6 Å². The van der Waals surface area contributed by atoms with Crippen LogP contribution < -0.4 is 10.6 Å². The van der Waals surface area contributed by atoms with Crippen molar-refractivity contribution in [2.75, 3.05) is 36.9 Å². The van der Waals surface area contributed by atoms with E-state index in [9.17, 15) is 0 Å². The molecule has 0 atom stereocenters. The zero-order valence-corrected chi connectivity index (χ0v) is 8.15. The minimum atomic E-state index is 0.764. The van der Waals surface area contributed by atoms with Crippen LogP contribution in [-0.2, 0) is 4.74 Å². The molecular weight excluding hydrogens is 178 g/mol. The molecule has 0 aliphatic carbocycles. The lowest BCUT2D eigenvalue weighted by Gasteiger charge is -2.20. The van der Waals surface area contributed by atoms with E-state index < -0.39 is 0 Å². The Bertz CT molecular complexity index is 295. The first-order valence-electron chi connectivity index (χ1n) is 4.90. The summed E-state index contributed by atoms with van der Waals surface area (Å²) in [5.74, 6) is 0.954. The summed E-state index contributed by atoms with van der Waals surface area (Å²) in [5.41, 5.74) is 6.47. The summed E-state index contributed by atoms with van der Waals surface area (Å²) >= 11 is 0. The molecule has 1 aromatic heterocycles. The Morgan fingerprint density at radius 1 is 1.36 bits per heavy atom. The summed E-state index contributed by atoms with van der Waals surface area (Å²) in [6, 6.07) is 3.71. The summed E-state index contributed by atoms with van der Waals surface area (Å²) < 4.78 is 5.38. The molecule has 2 rings (SSSR count). The van der Waals surface area contributed by atoms with Gasteiger partial charge in [0.2, 0.25) is 0 Å². The van der Waals surface area contributed by atoms with Crippen LogP contribution in [0.4, 0.5) is 11.5 Å². The molecule has 1 fully saturated rings. The zero-order valence-electron chi connectivity index (χ0n) is 8.15. The molecule has 1 saturated heterocycles. The lowest BCUT2D eigenvalue weighted by Crippen LogP contribution is -2.26. The minimum absolute atomic E-state index is 0.764. The molecule has 76 valence electrons. The highest BCUT2D eigenvalue weighted by atomic mass is 16.5. The number of ether oxygens (including phenoxy) is 1. The number of nitrogens with two attached hydrogens (primary N) is 1. The Hall–Kier alpha value is -1.29. The van der Waals surface area contributed by atoms with Gasteiger partial charge in [-0.2, -0.15) is 0 Å². The molecule has 4 nitrogen and oxygen atoms in total. The van der Waals surface area contributed by atoms with Crippen molar-refractivity contribution in [1.82, 2.24) is 4.98 Å². The van der Waals surface area contributed by atoms with Crippen LogP contribution in [-0.4, -0.2) is 31.3 Å². The maximum absolute atomic E-state index is 5.71. The topological polar surface area (TPSA) is 51.4 Å². The number of anilines is 2. The molecule has 1 aliphatic heterocycles. The molecule has 0 aromatic carbocycles. The van der Waals surface area contributed by atoms with Gasteiger partial charge in [-0.3, -0.25) is 0 Å². The van der Waals surface area contributed by atoms with Crippen LogP contribution in [0.2, 0.25) is 0 Å². The molecule has 0 bridgehead atoms. The van der Waals surface area contributed by atoms with Crippen LogP contribution >= 0.6 is 0 Å². The molecule has 0 spiro atoms. The molecule has 2 heterocycles.